The van der Waals surface area contributed by atoms with Gasteiger partial charge >= 0.3 is 0 Å². The van der Waals surface area contributed by atoms with Gasteiger partial charge in [0.15, 0.2) is 0 Å². The molecule has 0 rings (SSSR count). The van der Waals surface area contributed by atoms with Crippen LogP contribution >= 0.6 is 0 Å². The molecule has 0 heterocycles. The molecule has 1 atom stereocenters. The van der Waals surface area contributed by atoms with Crippen molar-refractivity contribution in [2.75, 3.05) is 7.05 Å². The quantitative estimate of drug-likeness (QED) is 0.505. The fourth-order valence-electron chi connectivity index (χ4n) is 0.164. The highest BCUT2D eigenvalue weighted by atomic mass is 32.2. The number of primary sulfonamides is 1. The lowest BCUT2D eigenvalue weighted by molar-refractivity contribution is 0.574. The highest BCUT2D eigenvalue weighted by molar-refractivity contribution is 7.89. The Hall–Kier alpha value is -0.130. The van der Waals surface area contributed by atoms with Crippen molar-refractivity contribution in [3.63, 3.8) is 0 Å². The molecule has 0 aliphatic carbocycles. The third kappa shape index (κ3) is 2.25. The monoisotopic (exact) mass is 138 g/mol. The molecule has 0 fully saturated rings. The molecule has 0 aliphatic heterocycles. The van der Waals surface area contributed by atoms with E-state index in [2.05, 4.69) is 5.32 Å². The summed E-state index contributed by atoms with van der Waals surface area (Å²) in [5.74, 6) is 0. The van der Waals surface area contributed by atoms with Crippen molar-refractivity contribution in [3.8, 4) is 0 Å². The highest BCUT2D eigenvalue weighted by Gasteiger charge is 2.10. The second-order valence-corrected chi connectivity index (χ2v) is 3.41. The molecule has 0 aromatic carbocycles. The molecule has 0 aromatic rings. The van der Waals surface area contributed by atoms with E-state index in [0.29, 0.717) is 0 Å². The lowest BCUT2D eigenvalue weighted by Crippen LogP contribution is -2.35. The van der Waals surface area contributed by atoms with Crippen LogP contribution in [0, 0.1) is 0 Å². The zero-order valence-corrected chi connectivity index (χ0v) is 5.70. The molecule has 0 aromatic heterocycles. The maximum Gasteiger partial charge on any atom is 0.224 e. The lowest BCUT2D eigenvalue weighted by Gasteiger charge is -2.04. The van der Waals surface area contributed by atoms with E-state index in [0.717, 1.165) is 0 Å². The van der Waals surface area contributed by atoms with Crippen LogP contribution in [0.5, 0.6) is 0 Å². The Labute approximate surface area is 49.1 Å². The molecular weight excluding hydrogens is 128 g/mol. The Kier molecular flexibility index (Phi) is 2.39. The number of nitrogens with two attached hydrogens (primary N) is 1. The van der Waals surface area contributed by atoms with Gasteiger partial charge in [0, 0.05) is 0 Å². The zero-order valence-electron chi connectivity index (χ0n) is 4.88. The fourth-order valence-corrected chi connectivity index (χ4v) is 0.493. The van der Waals surface area contributed by atoms with Crippen LogP contribution in [0.15, 0.2) is 0 Å². The van der Waals surface area contributed by atoms with Gasteiger partial charge in [-0.25, -0.2) is 13.6 Å². The SMILES string of the molecule is CNC(C)S(N)(=O)=O. The predicted octanol–water partition coefficient (Wildman–Crippen LogP) is -1.16. The van der Waals surface area contributed by atoms with Gasteiger partial charge in [0.2, 0.25) is 10.0 Å². The zero-order chi connectivity index (χ0) is 6.78. The molecule has 1 unspecified atom stereocenters. The second kappa shape index (κ2) is 2.43. The Morgan fingerprint density at radius 1 is 1.62 bits per heavy atom. The molecule has 50 valence electrons. The number of sulfonamides is 1. The minimum atomic E-state index is -3.36. The van der Waals surface area contributed by atoms with Gasteiger partial charge in [-0.1, -0.05) is 0 Å². The van der Waals surface area contributed by atoms with Gasteiger partial charge in [0.1, 0.15) is 5.37 Å². The number of nitrogens with one attached hydrogen (secondary N) is 1. The molecule has 0 saturated carbocycles. The molecule has 8 heavy (non-hydrogen) atoms. The molecule has 0 bridgehead atoms. The minimum absolute atomic E-state index is 0.650. The molecule has 0 saturated heterocycles. The molecule has 0 spiro atoms. The molecule has 0 radical (unpaired) electrons. The van der Waals surface area contributed by atoms with Crippen LogP contribution < -0.4 is 10.5 Å². The van der Waals surface area contributed by atoms with E-state index < -0.39 is 15.4 Å². The van der Waals surface area contributed by atoms with Crippen LogP contribution in [0.4, 0.5) is 0 Å². The summed E-state index contributed by atoms with van der Waals surface area (Å²) in [5.41, 5.74) is 0. The normalized spacial score (nSPS) is 15.9. The summed E-state index contributed by atoms with van der Waals surface area (Å²) >= 11 is 0. The van der Waals surface area contributed by atoms with Crippen LogP contribution in [-0.4, -0.2) is 20.8 Å². The molecular formula is C3H10N2O2S. The highest BCUT2D eigenvalue weighted by Crippen LogP contribution is 1.84. The van der Waals surface area contributed by atoms with Crippen molar-refractivity contribution in [2.45, 2.75) is 12.3 Å². The second-order valence-electron chi connectivity index (χ2n) is 1.52. The van der Waals surface area contributed by atoms with Gasteiger partial charge < -0.3 is 5.32 Å². The van der Waals surface area contributed by atoms with Crippen LogP contribution in [0.25, 0.3) is 0 Å². The molecule has 5 heteroatoms. The molecule has 4 nitrogen and oxygen atoms in total. The van der Waals surface area contributed by atoms with Crippen molar-refractivity contribution >= 4 is 10.0 Å². The summed E-state index contributed by atoms with van der Waals surface area (Å²) in [7, 11) is -1.83. The first kappa shape index (κ1) is 7.87. The van der Waals surface area contributed by atoms with Gasteiger partial charge in [-0.3, -0.25) is 0 Å². The van der Waals surface area contributed by atoms with E-state index >= 15 is 0 Å². The first-order chi connectivity index (χ1) is 3.48. The van der Waals surface area contributed by atoms with Gasteiger partial charge in [-0.2, -0.15) is 0 Å². The Balaban J connectivity index is 4.04. The maximum absolute atomic E-state index is 10.3. The van der Waals surface area contributed by atoms with E-state index in [9.17, 15) is 8.42 Å². The summed E-state index contributed by atoms with van der Waals surface area (Å²) < 4.78 is 20.6. The van der Waals surface area contributed by atoms with Gasteiger partial charge in [-0.15, -0.1) is 0 Å². The molecule has 0 aliphatic rings. The first-order valence-corrected chi connectivity index (χ1v) is 3.78. The summed E-state index contributed by atoms with van der Waals surface area (Å²) in [6.07, 6.45) is 0. The Morgan fingerprint density at radius 2 is 2.00 bits per heavy atom. The van der Waals surface area contributed by atoms with Crippen LogP contribution in [0.1, 0.15) is 6.92 Å². The standard InChI is InChI=1S/C3H10N2O2S/c1-3(5-2)8(4,6)7/h3,5H,1-2H3,(H2,4,6,7). The largest absolute Gasteiger partial charge is 0.303 e. The van der Waals surface area contributed by atoms with Crippen LogP contribution in [0.2, 0.25) is 0 Å². The van der Waals surface area contributed by atoms with E-state index in [-0.39, 0.29) is 0 Å². The third-order valence-electron chi connectivity index (χ3n) is 0.899. The average molecular weight is 138 g/mol. The summed E-state index contributed by atoms with van der Waals surface area (Å²) in [6, 6.07) is 0. The van der Waals surface area contributed by atoms with Crippen molar-refractivity contribution < 1.29 is 8.42 Å². The third-order valence-corrected chi connectivity index (χ3v) is 2.12. The van der Waals surface area contributed by atoms with Gasteiger partial charge in [0.05, 0.1) is 0 Å². The number of hydrogen-bond acceptors (Lipinski definition) is 3. The van der Waals surface area contributed by atoms with Crippen molar-refractivity contribution in [3.05, 3.63) is 0 Å². The summed E-state index contributed by atoms with van der Waals surface area (Å²) in [4.78, 5) is 0. The van der Waals surface area contributed by atoms with Gasteiger partial charge in [-0.05, 0) is 14.0 Å². The Bertz CT molecular complexity index is 151. The fraction of sp³-hybridized carbons (Fsp3) is 1.00. The summed E-state index contributed by atoms with van der Waals surface area (Å²) in [5, 5.41) is 6.54. The minimum Gasteiger partial charge on any atom is -0.303 e. The average Bonchev–Trinajstić information content (AvgIpc) is 1.62. The molecule has 3 N–H and O–H groups in total. The smallest absolute Gasteiger partial charge is 0.224 e. The van der Waals surface area contributed by atoms with Crippen LogP contribution in [-0.2, 0) is 10.0 Å². The number of hydrogen-bond donors (Lipinski definition) is 2. The van der Waals surface area contributed by atoms with E-state index in [1.54, 1.807) is 0 Å². The van der Waals surface area contributed by atoms with E-state index in [4.69, 9.17) is 5.14 Å². The van der Waals surface area contributed by atoms with Crippen molar-refractivity contribution in [1.29, 1.82) is 0 Å². The maximum atomic E-state index is 10.3. The number of rotatable bonds is 2. The molecule has 0 amide bonds. The van der Waals surface area contributed by atoms with Gasteiger partial charge in [0.25, 0.3) is 0 Å². The van der Waals surface area contributed by atoms with E-state index in [1.165, 1.54) is 14.0 Å². The van der Waals surface area contributed by atoms with E-state index in [1.807, 2.05) is 0 Å². The van der Waals surface area contributed by atoms with Crippen molar-refractivity contribution in [1.82, 2.24) is 5.32 Å². The summed E-state index contributed by atoms with van der Waals surface area (Å²) in [6.45, 7) is 1.48. The van der Waals surface area contributed by atoms with Crippen molar-refractivity contribution in [2.24, 2.45) is 5.14 Å². The van der Waals surface area contributed by atoms with Crippen LogP contribution in [0.3, 0.4) is 0 Å². The topological polar surface area (TPSA) is 72.2 Å². The lowest BCUT2D eigenvalue weighted by atomic mass is 10.8. The predicted molar refractivity (Wildman–Crippen MR) is 31.6 cm³/mol. The Morgan fingerprint density at radius 3 is 2.00 bits per heavy atom. The first-order valence-electron chi connectivity index (χ1n) is 2.17.